The van der Waals surface area contributed by atoms with Crippen LogP contribution in [0.25, 0.3) is 0 Å². The lowest BCUT2D eigenvalue weighted by Gasteiger charge is -2.35. The summed E-state index contributed by atoms with van der Waals surface area (Å²) >= 11 is 3.72. The number of hydrogen-bond donors (Lipinski definition) is 3. The summed E-state index contributed by atoms with van der Waals surface area (Å²) in [5.41, 5.74) is 6.72. The highest BCUT2D eigenvalue weighted by molar-refractivity contribution is 9.10. The standard InChI is InChI=1S/C33H36BrN5O3/c1-4-7-21-11-28-32(29(40)12-21)31(26(15-35)20(3)39-28)23-13-27(34)33(30(14-23)41-5-2)42-18-22-8-6-9-24(10-22)37-17-25-16-36-19-38-25/h6,8-10,13-14,16,19,21,31,37,39H,4-5,7,11-12,17-18H2,1-3H3,(H,36,38). The second kappa shape index (κ2) is 13.3. The molecule has 0 fully saturated rings. The third-order valence-corrected chi connectivity index (χ3v) is 8.32. The first-order valence-corrected chi connectivity index (χ1v) is 15.2. The molecule has 218 valence electrons. The number of aromatic amines is 1. The summed E-state index contributed by atoms with van der Waals surface area (Å²) in [6, 6.07) is 14.3. The third kappa shape index (κ3) is 6.39. The van der Waals surface area contributed by atoms with Gasteiger partial charge in [0.15, 0.2) is 17.3 Å². The summed E-state index contributed by atoms with van der Waals surface area (Å²) < 4.78 is 13.1. The molecule has 2 heterocycles. The quantitative estimate of drug-likeness (QED) is 0.204. The molecule has 1 aliphatic heterocycles. The maximum atomic E-state index is 13.5. The van der Waals surface area contributed by atoms with Gasteiger partial charge in [-0.25, -0.2) is 4.98 Å². The van der Waals surface area contributed by atoms with Crippen LogP contribution in [0, 0.1) is 17.2 Å². The number of carbonyl (C=O) groups excluding carboxylic acids is 1. The molecule has 1 aliphatic carbocycles. The zero-order valence-corrected chi connectivity index (χ0v) is 25.8. The Morgan fingerprint density at radius 1 is 1.19 bits per heavy atom. The number of nitrogens with one attached hydrogen (secondary N) is 3. The molecule has 3 N–H and O–H groups in total. The Labute approximate surface area is 255 Å². The van der Waals surface area contributed by atoms with Gasteiger partial charge < -0.3 is 25.1 Å². The Morgan fingerprint density at radius 3 is 2.79 bits per heavy atom. The first kappa shape index (κ1) is 29.5. The number of imidazole rings is 1. The normalized spacial score (nSPS) is 18.3. The first-order valence-electron chi connectivity index (χ1n) is 14.4. The van der Waals surface area contributed by atoms with E-state index in [-0.39, 0.29) is 5.78 Å². The van der Waals surface area contributed by atoms with E-state index < -0.39 is 5.92 Å². The number of ketones is 1. The minimum atomic E-state index is -0.455. The number of aromatic nitrogens is 2. The van der Waals surface area contributed by atoms with Crippen molar-refractivity contribution in [3.05, 3.63) is 92.8 Å². The molecular weight excluding hydrogens is 594 g/mol. The smallest absolute Gasteiger partial charge is 0.175 e. The fourth-order valence-electron chi connectivity index (χ4n) is 5.88. The van der Waals surface area contributed by atoms with E-state index in [1.807, 2.05) is 56.4 Å². The molecule has 0 saturated carbocycles. The molecule has 2 atom stereocenters. The molecule has 0 spiro atoms. The summed E-state index contributed by atoms with van der Waals surface area (Å²) in [5.74, 6) is 1.13. The summed E-state index contributed by atoms with van der Waals surface area (Å²) in [4.78, 5) is 20.7. The Hall–Kier alpha value is -4.03. The van der Waals surface area contributed by atoms with Crippen molar-refractivity contribution in [2.75, 3.05) is 11.9 Å². The number of nitrogens with zero attached hydrogens (tertiary/aromatic N) is 2. The van der Waals surface area contributed by atoms with Crippen molar-refractivity contribution < 1.29 is 14.3 Å². The van der Waals surface area contributed by atoms with E-state index in [9.17, 15) is 10.1 Å². The van der Waals surface area contributed by atoms with Crippen molar-refractivity contribution in [3.63, 3.8) is 0 Å². The van der Waals surface area contributed by atoms with Crippen LogP contribution in [0.5, 0.6) is 11.5 Å². The highest BCUT2D eigenvalue weighted by atomic mass is 79.9. The Morgan fingerprint density at radius 2 is 2.05 bits per heavy atom. The average Bonchev–Trinajstić information content (AvgIpc) is 3.49. The van der Waals surface area contributed by atoms with Gasteiger partial charge in [-0.15, -0.1) is 0 Å². The van der Waals surface area contributed by atoms with E-state index in [0.717, 1.165) is 53.2 Å². The second-order valence-corrected chi connectivity index (χ2v) is 11.6. The molecule has 42 heavy (non-hydrogen) atoms. The van der Waals surface area contributed by atoms with Crippen molar-refractivity contribution in [3.8, 4) is 17.6 Å². The van der Waals surface area contributed by atoms with Crippen molar-refractivity contribution >= 4 is 27.4 Å². The van der Waals surface area contributed by atoms with Gasteiger partial charge in [0.05, 0.1) is 47.2 Å². The molecule has 0 bridgehead atoms. The number of Topliss-reactive ketones (excluding diaryl/α,β-unsaturated/α-hetero) is 1. The van der Waals surface area contributed by atoms with Gasteiger partial charge in [-0.05, 0) is 83.9 Å². The van der Waals surface area contributed by atoms with E-state index in [4.69, 9.17) is 9.47 Å². The molecule has 0 amide bonds. The van der Waals surface area contributed by atoms with Crippen LogP contribution in [0.15, 0.2) is 75.9 Å². The van der Waals surface area contributed by atoms with Crippen LogP contribution in [0.1, 0.15) is 69.2 Å². The Bertz CT molecular complexity index is 1550. The monoisotopic (exact) mass is 629 g/mol. The molecule has 5 rings (SSSR count). The van der Waals surface area contributed by atoms with E-state index in [1.54, 1.807) is 6.33 Å². The first-order chi connectivity index (χ1) is 20.4. The maximum Gasteiger partial charge on any atom is 0.175 e. The van der Waals surface area contributed by atoms with Gasteiger partial charge in [0.25, 0.3) is 0 Å². The number of benzene rings is 2. The van der Waals surface area contributed by atoms with E-state index in [1.165, 1.54) is 0 Å². The highest BCUT2D eigenvalue weighted by Gasteiger charge is 2.39. The van der Waals surface area contributed by atoms with Gasteiger partial charge >= 0.3 is 0 Å². The molecule has 3 aromatic rings. The summed E-state index contributed by atoms with van der Waals surface area (Å²) in [6.07, 6.45) is 6.91. The molecule has 2 aliphatic rings. The van der Waals surface area contributed by atoms with Crippen LogP contribution >= 0.6 is 15.9 Å². The van der Waals surface area contributed by atoms with Gasteiger partial charge in [0.2, 0.25) is 0 Å². The number of allylic oxidation sites excluding steroid dienone is 4. The maximum absolute atomic E-state index is 13.5. The number of hydrogen-bond acceptors (Lipinski definition) is 7. The summed E-state index contributed by atoms with van der Waals surface area (Å²) in [5, 5.41) is 17.0. The van der Waals surface area contributed by atoms with E-state index in [2.05, 4.69) is 49.5 Å². The summed E-state index contributed by atoms with van der Waals surface area (Å²) in [7, 11) is 0. The number of H-pyrrole nitrogens is 1. The Balaban J connectivity index is 1.42. The molecule has 2 unspecified atom stereocenters. The average molecular weight is 631 g/mol. The number of dihydropyridines is 1. The number of anilines is 1. The van der Waals surface area contributed by atoms with Gasteiger partial charge in [-0.2, -0.15) is 5.26 Å². The lowest BCUT2D eigenvalue weighted by molar-refractivity contribution is -0.117. The third-order valence-electron chi connectivity index (χ3n) is 7.73. The molecule has 1 aromatic heterocycles. The zero-order chi connectivity index (χ0) is 29.6. The van der Waals surface area contributed by atoms with Crippen LogP contribution in [0.4, 0.5) is 5.69 Å². The summed E-state index contributed by atoms with van der Waals surface area (Å²) in [6.45, 7) is 7.38. The van der Waals surface area contributed by atoms with Crippen LogP contribution in [-0.2, 0) is 17.9 Å². The number of carbonyl (C=O) groups is 1. The van der Waals surface area contributed by atoms with Gasteiger partial charge in [-0.1, -0.05) is 25.5 Å². The zero-order valence-electron chi connectivity index (χ0n) is 24.2. The fourth-order valence-corrected chi connectivity index (χ4v) is 6.45. The van der Waals surface area contributed by atoms with Crippen molar-refractivity contribution in [2.45, 2.75) is 65.5 Å². The number of halogens is 1. The van der Waals surface area contributed by atoms with Crippen molar-refractivity contribution in [1.82, 2.24) is 15.3 Å². The molecular formula is C33H36BrN5O3. The molecule has 0 radical (unpaired) electrons. The number of ether oxygens (including phenoxy) is 2. The van der Waals surface area contributed by atoms with Crippen LogP contribution in [0.3, 0.4) is 0 Å². The van der Waals surface area contributed by atoms with Gasteiger partial charge in [-0.3, -0.25) is 4.79 Å². The van der Waals surface area contributed by atoms with Crippen molar-refractivity contribution in [1.29, 1.82) is 5.26 Å². The van der Waals surface area contributed by atoms with Crippen LogP contribution < -0.4 is 20.1 Å². The molecule has 0 saturated heterocycles. The minimum Gasteiger partial charge on any atom is -0.490 e. The fraction of sp³-hybridized carbons (Fsp3) is 0.364. The van der Waals surface area contributed by atoms with Gasteiger partial charge in [0, 0.05) is 35.3 Å². The lowest BCUT2D eigenvalue weighted by Crippen LogP contribution is -2.34. The van der Waals surface area contributed by atoms with Crippen LogP contribution in [0.2, 0.25) is 0 Å². The van der Waals surface area contributed by atoms with Crippen LogP contribution in [-0.4, -0.2) is 22.4 Å². The molecule has 9 heteroatoms. The van der Waals surface area contributed by atoms with E-state index in [0.29, 0.717) is 59.2 Å². The minimum absolute atomic E-state index is 0.114. The van der Waals surface area contributed by atoms with Crippen molar-refractivity contribution in [2.24, 2.45) is 5.92 Å². The number of rotatable bonds is 11. The second-order valence-electron chi connectivity index (χ2n) is 10.8. The topological polar surface area (TPSA) is 112 Å². The predicted octanol–water partition coefficient (Wildman–Crippen LogP) is 7.28. The number of nitriles is 1. The Kier molecular flexibility index (Phi) is 9.33. The lowest BCUT2D eigenvalue weighted by atomic mass is 9.72. The highest BCUT2D eigenvalue weighted by Crippen LogP contribution is 2.47. The van der Waals surface area contributed by atoms with E-state index >= 15 is 0 Å². The molecule has 2 aromatic carbocycles. The predicted molar refractivity (Wildman–Crippen MR) is 166 cm³/mol. The largest absolute Gasteiger partial charge is 0.490 e. The van der Waals surface area contributed by atoms with Gasteiger partial charge in [0.1, 0.15) is 6.61 Å². The SMILES string of the molecule is CCCC1CC(=O)C2=C(C1)NC(C)=C(C#N)C2c1cc(Br)c(OCc2cccc(NCc3c[nH]cn3)c2)c(OCC)c1. The molecule has 8 nitrogen and oxygen atoms in total.